The van der Waals surface area contributed by atoms with Crippen LogP contribution < -0.4 is 5.32 Å². The summed E-state index contributed by atoms with van der Waals surface area (Å²) in [6.07, 6.45) is -1.70. The van der Waals surface area contributed by atoms with Crippen molar-refractivity contribution in [2.24, 2.45) is 0 Å². The highest BCUT2D eigenvalue weighted by Gasteiger charge is 2.33. The lowest BCUT2D eigenvalue weighted by Gasteiger charge is -2.42. The van der Waals surface area contributed by atoms with Gasteiger partial charge < -0.3 is 10.2 Å². The van der Waals surface area contributed by atoms with Crippen LogP contribution in [-0.4, -0.2) is 45.0 Å². The Labute approximate surface area is 73.9 Å². The molecule has 0 aliphatic carbocycles. The van der Waals surface area contributed by atoms with Crippen LogP contribution in [0.1, 0.15) is 6.92 Å². The van der Waals surface area contributed by atoms with Crippen LogP contribution in [0.4, 0.5) is 0 Å². The van der Waals surface area contributed by atoms with Crippen molar-refractivity contribution in [2.75, 3.05) is 7.05 Å². The third-order valence-electron chi connectivity index (χ3n) is 1.73. The Kier molecular flexibility index (Phi) is 2.84. The van der Waals surface area contributed by atoms with Gasteiger partial charge in [0.25, 0.3) is 0 Å². The molecule has 0 spiro atoms. The number of aliphatic hydroxyl groups excluding tert-OH is 2. The van der Waals surface area contributed by atoms with Gasteiger partial charge in [-0.25, -0.2) is 4.90 Å². The Morgan fingerprint density at radius 3 is 2.55 bits per heavy atom. The summed E-state index contributed by atoms with van der Waals surface area (Å²) >= 11 is 3.15. The standard InChI is InChI=1S/C5H12BrN3O2/c1-3-7-4(10)8(2)5(11)9(3)6/h3-5,7,10-11H,1-2H3/t3-,4?,5+/m1/s1. The zero-order chi connectivity index (χ0) is 8.59. The molecule has 0 aromatic rings. The molecule has 0 radical (unpaired) electrons. The van der Waals surface area contributed by atoms with E-state index in [0.717, 1.165) is 0 Å². The third-order valence-corrected chi connectivity index (χ3v) is 2.71. The fraction of sp³-hybridized carbons (Fsp3) is 1.00. The molecule has 5 nitrogen and oxygen atoms in total. The van der Waals surface area contributed by atoms with Crippen LogP contribution in [0.25, 0.3) is 0 Å². The van der Waals surface area contributed by atoms with E-state index in [-0.39, 0.29) is 6.17 Å². The van der Waals surface area contributed by atoms with Crippen molar-refractivity contribution >= 4 is 16.1 Å². The van der Waals surface area contributed by atoms with E-state index in [4.69, 9.17) is 0 Å². The molecule has 1 fully saturated rings. The van der Waals surface area contributed by atoms with Gasteiger partial charge in [-0.05, 0) is 14.0 Å². The molecule has 1 rings (SSSR count). The van der Waals surface area contributed by atoms with E-state index in [9.17, 15) is 10.2 Å². The Morgan fingerprint density at radius 1 is 1.45 bits per heavy atom. The number of nitrogens with zero attached hydrogens (tertiary/aromatic N) is 2. The van der Waals surface area contributed by atoms with Gasteiger partial charge in [0.15, 0.2) is 12.7 Å². The quantitative estimate of drug-likeness (QED) is 0.464. The lowest BCUT2D eigenvalue weighted by molar-refractivity contribution is -0.189. The number of nitrogens with one attached hydrogen (secondary N) is 1. The summed E-state index contributed by atoms with van der Waals surface area (Å²) in [5.74, 6) is 0. The molecule has 3 N–H and O–H groups in total. The highest BCUT2D eigenvalue weighted by atomic mass is 79.9. The number of rotatable bonds is 0. The SMILES string of the molecule is C[C@@H]1NC(O)N(C)[C@H](O)N1Br. The molecule has 3 atom stereocenters. The Hall–Kier alpha value is 0.280. The first-order valence-electron chi connectivity index (χ1n) is 3.32. The first kappa shape index (κ1) is 9.37. The second kappa shape index (κ2) is 3.34. The summed E-state index contributed by atoms with van der Waals surface area (Å²) in [6.45, 7) is 1.83. The van der Waals surface area contributed by atoms with Gasteiger partial charge in [0.2, 0.25) is 0 Å². The predicted molar refractivity (Wildman–Crippen MR) is 43.1 cm³/mol. The molecule has 1 unspecified atom stereocenters. The van der Waals surface area contributed by atoms with Crippen LogP contribution in [-0.2, 0) is 0 Å². The van der Waals surface area contributed by atoms with Crippen LogP contribution in [0.3, 0.4) is 0 Å². The smallest absolute Gasteiger partial charge is 0.179 e. The van der Waals surface area contributed by atoms with Gasteiger partial charge in [0.05, 0.1) is 6.17 Å². The fourth-order valence-electron chi connectivity index (χ4n) is 0.905. The van der Waals surface area contributed by atoms with Crippen molar-refractivity contribution in [1.82, 2.24) is 14.1 Å². The lowest BCUT2D eigenvalue weighted by atomic mass is 10.4. The Bertz CT molecular complexity index is 134. The van der Waals surface area contributed by atoms with Crippen molar-refractivity contribution in [3.63, 3.8) is 0 Å². The van der Waals surface area contributed by atoms with E-state index in [1.807, 2.05) is 6.92 Å². The summed E-state index contributed by atoms with van der Waals surface area (Å²) in [7, 11) is 1.61. The molecule has 0 saturated carbocycles. The maximum absolute atomic E-state index is 9.39. The summed E-state index contributed by atoms with van der Waals surface area (Å²) in [6, 6.07) is 0. The molecule has 1 aliphatic rings. The van der Waals surface area contributed by atoms with Crippen molar-refractivity contribution in [1.29, 1.82) is 0 Å². The monoisotopic (exact) mass is 225 g/mol. The summed E-state index contributed by atoms with van der Waals surface area (Å²) in [4.78, 5) is 1.38. The van der Waals surface area contributed by atoms with E-state index in [0.29, 0.717) is 0 Å². The molecule has 0 amide bonds. The number of hydrogen-bond donors (Lipinski definition) is 3. The minimum absolute atomic E-state index is 0.101. The Balaban J connectivity index is 2.63. The normalized spacial score (nSPS) is 42.8. The minimum atomic E-state index is -0.804. The molecule has 1 saturated heterocycles. The van der Waals surface area contributed by atoms with Gasteiger partial charge in [-0.3, -0.25) is 5.32 Å². The van der Waals surface area contributed by atoms with E-state index >= 15 is 0 Å². The summed E-state index contributed by atoms with van der Waals surface area (Å²) in [5, 5.41) is 21.4. The maximum atomic E-state index is 9.39. The number of hydrogen-bond acceptors (Lipinski definition) is 5. The van der Waals surface area contributed by atoms with Crippen LogP contribution in [0.2, 0.25) is 0 Å². The van der Waals surface area contributed by atoms with Crippen LogP contribution in [0, 0.1) is 0 Å². The van der Waals surface area contributed by atoms with Gasteiger partial charge >= 0.3 is 0 Å². The fourth-order valence-corrected chi connectivity index (χ4v) is 1.31. The van der Waals surface area contributed by atoms with Gasteiger partial charge in [-0.2, -0.15) is 3.93 Å². The van der Waals surface area contributed by atoms with E-state index in [1.54, 1.807) is 7.05 Å². The highest BCUT2D eigenvalue weighted by molar-refractivity contribution is 9.07. The molecule has 1 heterocycles. The topological polar surface area (TPSA) is 59.0 Å². The van der Waals surface area contributed by atoms with E-state index < -0.39 is 12.7 Å². The predicted octanol–water partition coefficient (Wildman–Crippen LogP) is -0.969. The zero-order valence-electron chi connectivity index (χ0n) is 6.40. The van der Waals surface area contributed by atoms with Crippen molar-refractivity contribution < 1.29 is 10.2 Å². The Morgan fingerprint density at radius 2 is 2.00 bits per heavy atom. The third kappa shape index (κ3) is 1.71. The molecule has 11 heavy (non-hydrogen) atoms. The minimum Gasteiger partial charge on any atom is -0.365 e. The summed E-state index contributed by atoms with van der Waals surface area (Å²) < 4.78 is 1.53. The first-order valence-corrected chi connectivity index (χ1v) is 4.03. The van der Waals surface area contributed by atoms with Crippen molar-refractivity contribution in [2.45, 2.75) is 25.8 Å². The summed E-state index contributed by atoms with van der Waals surface area (Å²) in [5.41, 5.74) is 0. The number of halogens is 1. The van der Waals surface area contributed by atoms with Crippen molar-refractivity contribution in [3.05, 3.63) is 0 Å². The zero-order valence-corrected chi connectivity index (χ0v) is 7.98. The van der Waals surface area contributed by atoms with Gasteiger partial charge in [0.1, 0.15) is 0 Å². The number of aliphatic hydroxyl groups is 2. The molecule has 0 bridgehead atoms. The van der Waals surface area contributed by atoms with Crippen LogP contribution >= 0.6 is 16.1 Å². The molecule has 6 heteroatoms. The van der Waals surface area contributed by atoms with Gasteiger partial charge in [-0.1, -0.05) is 0 Å². The van der Waals surface area contributed by atoms with Crippen LogP contribution in [0.15, 0.2) is 0 Å². The largest absolute Gasteiger partial charge is 0.365 e. The highest BCUT2D eigenvalue weighted by Crippen LogP contribution is 2.16. The van der Waals surface area contributed by atoms with Crippen LogP contribution in [0.5, 0.6) is 0 Å². The maximum Gasteiger partial charge on any atom is 0.179 e. The lowest BCUT2D eigenvalue weighted by Crippen LogP contribution is -2.64. The van der Waals surface area contributed by atoms with E-state index in [1.165, 1.54) is 8.83 Å². The average Bonchev–Trinajstić information content (AvgIpc) is 1.97. The molecule has 0 aromatic carbocycles. The average molecular weight is 226 g/mol. The van der Waals surface area contributed by atoms with Crippen molar-refractivity contribution in [3.8, 4) is 0 Å². The van der Waals surface area contributed by atoms with E-state index in [2.05, 4.69) is 21.5 Å². The first-order chi connectivity index (χ1) is 5.04. The van der Waals surface area contributed by atoms with Gasteiger partial charge in [-0.15, -0.1) is 0 Å². The molecule has 66 valence electrons. The second-order valence-corrected chi connectivity index (χ2v) is 3.39. The molecule has 0 aromatic heterocycles. The molecular weight excluding hydrogens is 214 g/mol. The van der Waals surface area contributed by atoms with Gasteiger partial charge in [0, 0.05) is 16.1 Å². The molecular formula is C5H12BrN3O2. The molecule has 1 aliphatic heterocycles. The second-order valence-electron chi connectivity index (χ2n) is 2.57.